The molecular formula is C17H18N2. The topological polar surface area (TPSA) is 17.8 Å². The largest absolute Gasteiger partial charge is 0.326 e. The smallest absolute Gasteiger partial charge is 0.0961 e. The van der Waals surface area contributed by atoms with Crippen molar-refractivity contribution in [2.75, 3.05) is 0 Å². The Morgan fingerprint density at radius 2 is 1.63 bits per heavy atom. The van der Waals surface area contributed by atoms with E-state index in [1.54, 1.807) is 0 Å². The zero-order valence-corrected chi connectivity index (χ0v) is 11.6. The molecule has 2 heteroatoms. The second-order valence-electron chi connectivity index (χ2n) is 5.28. The van der Waals surface area contributed by atoms with Crippen molar-refractivity contribution < 1.29 is 0 Å². The van der Waals surface area contributed by atoms with Crippen LogP contribution in [0, 0.1) is 20.8 Å². The summed E-state index contributed by atoms with van der Waals surface area (Å²) in [4.78, 5) is 4.50. The van der Waals surface area contributed by atoms with Crippen molar-refractivity contribution in [2.24, 2.45) is 0 Å². The molecule has 0 unspecified atom stereocenters. The molecule has 0 spiro atoms. The first-order chi connectivity index (χ1) is 9.13. The fourth-order valence-corrected chi connectivity index (χ4v) is 2.33. The summed E-state index contributed by atoms with van der Waals surface area (Å²) in [5.41, 5.74) is 7.51. The van der Waals surface area contributed by atoms with Gasteiger partial charge in [-0.15, -0.1) is 0 Å². The van der Waals surface area contributed by atoms with Crippen LogP contribution < -0.4 is 0 Å². The number of imidazole rings is 1. The van der Waals surface area contributed by atoms with Crippen LogP contribution in [0.1, 0.15) is 22.3 Å². The molecule has 0 N–H and O–H groups in total. The average Bonchev–Trinajstić information content (AvgIpc) is 2.76. The van der Waals surface area contributed by atoms with E-state index < -0.39 is 0 Å². The van der Waals surface area contributed by atoms with E-state index in [2.05, 4.69) is 66.7 Å². The number of benzene rings is 2. The standard InChI is InChI=1S/C17H18N2/c1-12-4-6-15(7-5-12)10-19-11-18-16-8-13(2)14(3)9-17(16)19/h4-9,11H,10H2,1-3H3. The molecule has 3 aromatic rings. The van der Waals surface area contributed by atoms with Crippen LogP contribution in [-0.4, -0.2) is 9.55 Å². The molecule has 3 rings (SSSR count). The van der Waals surface area contributed by atoms with Gasteiger partial charge in [0.25, 0.3) is 0 Å². The minimum atomic E-state index is 0.874. The van der Waals surface area contributed by atoms with E-state index in [9.17, 15) is 0 Å². The molecule has 96 valence electrons. The van der Waals surface area contributed by atoms with Gasteiger partial charge in [0.1, 0.15) is 0 Å². The average molecular weight is 250 g/mol. The molecule has 0 aliphatic carbocycles. The molecule has 2 aromatic carbocycles. The van der Waals surface area contributed by atoms with Gasteiger partial charge < -0.3 is 4.57 Å². The van der Waals surface area contributed by atoms with Gasteiger partial charge in [-0.1, -0.05) is 29.8 Å². The second-order valence-corrected chi connectivity index (χ2v) is 5.28. The van der Waals surface area contributed by atoms with Gasteiger partial charge >= 0.3 is 0 Å². The van der Waals surface area contributed by atoms with Gasteiger partial charge in [0.05, 0.1) is 17.4 Å². The van der Waals surface area contributed by atoms with E-state index in [1.165, 1.54) is 27.8 Å². The third-order valence-electron chi connectivity index (χ3n) is 3.71. The summed E-state index contributed by atoms with van der Waals surface area (Å²) >= 11 is 0. The first-order valence-electron chi connectivity index (χ1n) is 6.61. The molecule has 0 atom stereocenters. The van der Waals surface area contributed by atoms with Crippen LogP contribution in [0.2, 0.25) is 0 Å². The van der Waals surface area contributed by atoms with Crippen LogP contribution in [0.4, 0.5) is 0 Å². The zero-order valence-electron chi connectivity index (χ0n) is 11.6. The first-order valence-corrected chi connectivity index (χ1v) is 6.61. The van der Waals surface area contributed by atoms with Crippen molar-refractivity contribution in [1.82, 2.24) is 9.55 Å². The highest BCUT2D eigenvalue weighted by atomic mass is 15.0. The lowest BCUT2D eigenvalue weighted by molar-refractivity contribution is 0.824. The highest BCUT2D eigenvalue weighted by molar-refractivity contribution is 5.77. The lowest BCUT2D eigenvalue weighted by atomic mass is 10.1. The second kappa shape index (κ2) is 4.54. The molecule has 0 aliphatic heterocycles. The number of hydrogen-bond donors (Lipinski definition) is 0. The van der Waals surface area contributed by atoms with Gasteiger partial charge in [0.2, 0.25) is 0 Å². The molecule has 0 saturated carbocycles. The maximum atomic E-state index is 4.50. The van der Waals surface area contributed by atoms with E-state index in [-0.39, 0.29) is 0 Å². The Bertz CT molecular complexity index is 721. The van der Waals surface area contributed by atoms with E-state index in [4.69, 9.17) is 0 Å². The third kappa shape index (κ3) is 2.26. The van der Waals surface area contributed by atoms with Crippen LogP contribution in [0.25, 0.3) is 11.0 Å². The number of nitrogens with zero attached hydrogens (tertiary/aromatic N) is 2. The Morgan fingerprint density at radius 1 is 0.947 bits per heavy atom. The molecule has 1 aromatic heterocycles. The predicted molar refractivity (Wildman–Crippen MR) is 79.5 cm³/mol. The molecule has 1 heterocycles. The van der Waals surface area contributed by atoms with Crippen molar-refractivity contribution in [3.05, 3.63) is 65.0 Å². The summed E-state index contributed by atoms with van der Waals surface area (Å²) in [6.45, 7) is 7.27. The summed E-state index contributed by atoms with van der Waals surface area (Å²) in [7, 11) is 0. The Morgan fingerprint density at radius 3 is 2.37 bits per heavy atom. The van der Waals surface area contributed by atoms with E-state index >= 15 is 0 Å². The van der Waals surface area contributed by atoms with Crippen molar-refractivity contribution in [3.8, 4) is 0 Å². The zero-order chi connectivity index (χ0) is 13.4. The highest BCUT2D eigenvalue weighted by Crippen LogP contribution is 2.19. The third-order valence-corrected chi connectivity index (χ3v) is 3.71. The fourth-order valence-electron chi connectivity index (χ4n) is 2.33. The fraction of sp³-hybridized carbons (Fsp3) is 0.235. The number of rotatable bonds is 2. The minimum absolute atomic E-state index is 0.874. The van der Waals surface area contributed by atoms with Crippen molar-refractivity contribution in [1.29, 1.82) is 0 Å². The van der Waals surface area contributed by atoms with Gasteiger partial charge in [0, 0.05) is 6.54 Å². The van der Waals surface area contributed by atoms with Crippen molar-refractivity contribution in [2.45, 2.75) is 27.3 Å². The van der Waals surface area contributed by atoms with Crippen molar-refractivity contribution >= 4 is 11.0 Å². The Hall–Kier alpha value is -2.09. The lowest BCUT2D eigenvalue weighted by Gasteiger charge is -2.06. The van der Waals surface area contributed by atoms with Crippen molar-refractivity contribution in [3.63, 3.8) is 0 Å². The Kier molecular flexibility index (Phi) is 2.86. The molecule has 0 bridgehead atoms. The quantitative estimate of drug-likeness (QED) is 0.672. The molecule has 0 amide bonds. The summed E-state index contributed by atoms with van der Waals surface area (Å²) in [6, 6.07) is 13.1. The Labute approximate surface area is 113 Å². The van der Waals surface area contributed by atoms with E-state index in [0.717, 1.165) is 12.1 Å². The van der Waals surface area contributed by atoms with E-state index in [0.29, 0.717) is 0 Å². The van der Waals surface area contributed by atoms with Crippen LogP contribution in [0.5, 0.6) is 0 Å². The van der Waals surface area contributed by atoms with Crippen LogP contribution in [0.3, 0.4) is 0 Å². The number of aromatic nitrogens is 2. The maximum Gasteiger partial charge on any atom is 0.0961 e. The van der Waals surface area contributed by atoms with Gasteiger partial charge in [-0.05, 0) is 49.6 Å². The molecule has 19 heavy (non-hydrogen) atoms. The molecular weight excluding hydrogens is 232 g/mol. The number of hydrogen-bond acceptors (Lipinski definition) is 1. The Balaban J connectivity index is 2.01. The van der Waals surface area contributed by atoms with Gasteiger partial charge in [-0.2, -0.15) is 0 Å². The SMILES string of the molecule is Cc1ccc(Cn2cnc3cc(C)c(C)cc32)cc1. The van der Waals surface area contributed by atoms with Gasteiger partial charge in [-0.25, -0.2) is 4.98 Å². The van der Waals surface area contributed by atoms with E-state index in [1.807, 2.05) is 6.33 Å². The molecule has 0 aliphatic rings. The normalized spacial score (nSPS) is 11.1. The number of fused-ring (bicyclic) bond motifs is 1. The van der Waals surface area contributed by atoms with Crippen LogP contribution in [-0.2, 0) is 6.54 Å². The maximum absolute atomic E-state index is 4.50. The van der Waals surface area contributed by atoms with Crippen LogP contribution >= 0.6 is 0 Å². The molecule has 0 saturated heterocycles. The summed E-state index contributed by atoms with van der Waals surface area (Å²) in [5, 5.41) is 0. The predicted octanol–water partition coefficient (Wildman–Crippen LogP) is 4.01. The molecule has 0 radical (unpaired) electrons. The monoisotopic (exact) mass is 250 g/mol. The lowest BCUT2D eigenvalue weighted by Crippen LogP contribution is -1.98. The van der Waals surface area contributed by atoms with Crippen LogP contribution in [0.15, 0.2) is 42.7 Å². The summed E-state index contributed by atoms with van der Waals surface area (Å²) in [5.74, 6) is 0. The summed E-state index contributed by atoms with van der Waals surface area (Å²) < 4.78 is 2.21. The summed E-state index contributed by atoms with van der Waals surface area (Å²) in [6.07, 6.45) is 1.93. The highest BCUT2D eigenvalue weighted by Gasteiger charge is 2.05. The number of aryl methyl sites for hydroxylation is 3. The van der Waals surface area contributed by atoms with Gasteiger partial charge in [0.15, 0.2) is 0 Å². The molecule has 2 nitrogen and oxygen atoms in total. The molecule has 0 fully saturated rings. The van der Waals surface area contributed by atoms with Gasteiger partial charge in [-0.3, -0.25) is 0 Å². The first kappa shape index (κ1) is 12.0. The minimum Gasteiger partial charge on any atom is -0.326 e.